The highest BCUT2D eigenvalue weighted by atomic mass is 35.5. The van der Waals surface area contributed by atoms with Gasteiger partial charge in [-0.25, -0.2) is 0 Å². The van der Waals surface area contributed by atoms with Crippen molar-refractivity contribution >= 4 is 11.6 Å². The quantitative estimate of drug-likeness (QED) is 0.886. The zero-order valence-corrected chi connectivity index (χ0v) is 12.7. The van der Waals surface area contributed by atoms with E-state index in [2.05, 4.69) is 40.4 Å². The lowest BCUT2D eigenvalue weighted by Gasteiger charge is -2.16. The van der Waals surface area contributed by atoms with Crippen molar-refractivity contribution in [3.05, 3.63) is 64.4 Å². The minimum atomic E-state index is 0.783. The molecule has 0 saturated heterocycles. The fourth-order valence-corrected chi connectivity index (χ4v) is 2.35. The Kier molecular flexibility index (Phi) is 5.53. The van der Waals surface area contributed by atoms with E-state index < -0.39 is 0 Å². The third-order valence-corrected chi connectivity index (χ3v) is 3.28. The molecule has 1 aromatic carbocycles. The molecular formula is C16H20ClN3. The average molecular weight is 290 g/mol. The molecule has 0 amide bonds. The first-order chi connectivity index (χ1) is 9.67. The molecule has 1 heterocycles. The monoisotopic (exact) mass is 289 g/mol. The zero-order chi connectivity index (χ0) is 14.4. The first-order valence-corrected chi connectivity index (χ1v) is 7.06. The van der Waals surface area contributed by atoms with E-state index in [1.54, 1.807) is 0 Å². The lowest BCUT2D eigenvalue weighted by atomic mass is 10.2. The Morgan fingerprint density at radius 1 is 1.15 bits per heavy atom. The van der Waals surface area contributed by atoms with E-state index in [1.807, 2.05) is 31.4 Å². The smallest absolute Gasteiger partial charge is 0.0544 e. The lowest BCUT2D eigenvalue weighted by molar-refractivity contribution is 0.315. The molecule has 0 aliphatic carbocycles. The van der Waals surface area contributed by atoms with Gasteiger partial charge in [-0.3, -0.25) is 9.88 Å². The normalized spacial score (nSPS) is 11.0. The number of pyridine rings is 1. The fourth-order valence-electron chi connectivity index (χ4n) is 2.14. The summed E-state index contributed by atoms with van der Waals surface area (Å²) in [5, 5.41) is 3.90. The molecule has 4 heteroatoms. The summed E-state index contributed by atoms with van der Waals surface area (Å²) in [6.07, 6.45) is 1.93. The first-order valence-electron chi connectivity index (χ1n) is 6.69. The standard InChI is InChI=1S/C16H20ClN3/c1-18-9-14-6-7-16(19-10-14)12-20(2)11-13-4-3-5-15(17)8-13/h3-8,10,18H,9,11-12H2,1-2H3. The maximum absolute atomic E-state index is 6.00. The molecule has 0 spiro atoms. The van der Waals surface area contributed by atoms with Gasteiger partial charge >= 0.3 is 0 Å². The number of nitrogens with zero attached hydrogens (tertiary/aromatic N) is 2. The van der Waals surface area contributed by atoms with Crippen molar-refractivity contribution in [2.24, 2.45) is 0 Å². The highest BCUT2D eigenvalue weighted by Crippen LogP contribution is 2.13. The van der Waals surface area contributed by atoms with Gasteiger partial charge in [0.05, 0.1) is 5.69 Å². The molecule has 2 rings (SSSR count). The Morgan fingerprint density at radius 3 is 2.65 bits per heavy atom. The summed E-state index contributed by atoms with van der Waals surface area (Å²) in [6, 6.07) is 12.2. The van der Waals surface area contributed by atoms with Crippen molar-refractivity contribution in [1.29, 1.82) is 0 Å². The van der Waals surface area contributed by atoms with Crippen LogP contribution < -0.4 is 5.32 Å². The van der Waals surface area contributed by atoms with E-state index in [4.69, 9.17) is 11.6 Å². The number of benzene rings is 1. The third-order valence-electron chi connectivity index (χ3n) is 3.04. The van der Waals surface area contributed by atoms with Gasteiger partial charge < -0.3 is 5.32 Å². The Morgan fingerprint density at radius 2 is 2.00 bits per heavy atom. The van der Waals surface area contributed by atoms with Crippen molar-refractivity contribution in [3.8, 4) is 0 Å². The summed E-state index contributed by atoms with van der Waals surface area (Å²) in [5.74, 6) is 0. The van der Waals surface area contributed by atoms with Crippen molar-refractivity contribution in [2.45, 2.75) is 19.6 Å². The Balaban J connectivity index is 1.92. The van der Waals surface area contributed by atoms with Crippen LogP contribution in [0.15, 0.2) is 42.6 Å². The fraction of sp³-hybridized carbons (Fsp3) is 0.312. The van der Waals surface area contributed by atoms with Crippen LogP contribution in [0.3, 0.4) is 0 Å². The van der Waals surface area contributed by atoms with Crippen LogP contribution in [0.2, 0.25) is 5.02 Å². The van der Waals surface area contributed by atoms with E-state index >= 15 is 0 Å². The molecule has 0 atom stereocenters. The molecule has 20 heavy (non-hydrogen) atoms. The van der Waals surface area contributed by atoms with E-state index in [0.29, 0.717) is 0 Å². The van der Waals surface area contributed by atoms with Crippen molar-refractivity contribution in [2.75, 3.05) is 14.1 Å². The Hall–Kier alpha value is -1.42. The van der Waals surface area contributed by atoms with Crippen LogP contribution in [0.1, 0.15) is 16.8 Å². The average Bonchev–Trinajstić information content (AvgIpc) is 2.41. The maximum Gasteiger partial charge on any atom is 0.0544 e. The van der Waals surface area contributed by atoms with Gasteiger partial charge in [0.1, 0.15) is 0 Å². The molecule has 1 aromatic heterocycles. The summed E-state index contributed by atoms with van der Waals surface area (Å²) in [6.45, 7) is 2.54. The number of hydrogen-bond acceptors (Lipinski definition) is 3. The van der Waals surface area contributed by atoms with E-state index in [1.165, 1.54) is 11.1 Å². The summed E-state index contributed by atoms with van der Waals surface area (Å²) >= 11 is 6.00. The van der Waals surface area contributed by atoms with Gasteiger partial charge in [0.2, 0.25) is 0 Å². The van der Waals surface area contributed by atoms with Crippen LogP contribution in [0.4, 0.5) is 0 Å². The molecule has 0 saturated carbocycles. The van der Waals surface area contributed by atoms with Crippen LogP contribution >= 0.6 is 11.6 Å². The van der Waals surface area contributed by atoms with E-state index in [0.717, 1.165) is 30.4 Å². The van der Waals surface area contributed by atoms with Crippen molar-refractivity contribution in [1.82, 2.24) is 15.2 Å². The Labute approximate surface area is 125 Å². The molecule has 2 aromatic rings. The molecule has 0 fully saturated rings. The maximum atomic E-state index is 6.00. The summed E-state index contributed by atoms with van der Waals surface area (Å²) in [7, 11) is 4.02. The largest absolute Gasteiger partial charge is 0.316 e. The van der Waals surface area contributed by atoms with Gasteiger partial charge in [0.15, 0.2) is 0 Å². The van der Waals surface area contributed by atoms with Gasteiger partial charge in [-0.05, 0) is 43.4 Å². The second-order valence-corrected chi connectivity index (χ2v) is 5.43. The van der Waals surface area contributed by atoms with E-state index in [-0.39, 0.29) is 0 Å². The topological polar surface area (TPSA) is 28.2 Å². The molecule has 0 aliphatic heterocycles. The van der Waals surface area contributed by atoms with Crippen LogP contribution in [0, 0.1) is 0 Å². The second kappa shape index (κ2) is 7.39. The van der Waals surface area contributed by atoms with Crippen LogP contribution in [0.25, 0.3) is 0 Å². The highest BCUT2D eigenvalue weighted by molar-refractivity contribution is 6.30. The number of hydrogen-bond donors (Lipinski definition) is 1. The molecule has 1 N–H and O–H groups in total. The Bertz CT molecular complexity index is 540. The number of nitrogens with one attached hydrogen (secondary N) is 1. The minimum absolute atomic E-state index is 0.783. The minimum Gasteiger partial charge on any atom is -0.316 e. The second-order valence-electron chi connectivity index (χ2n) is 4.99. The summed E-state index contributed by atoms with van der Waals surface area (Å²) in [4.78, 5) is 6.72. The number of aromatic nitrogens is 1. The SMILES string of the molecule is CNCc1ccc(CN(C)Cc2cccc(Cl)c2)nc1. The van der Waals surface area contributed by atoms with Crippen LogP contribution in [-0.2, 0) is 19.6 Å². The molecular weight excluding hydrogens is 270 g/mol. The molecule has 0 bridgehead atoms. The molecule has 106 valence electrons. The van der Waals surface area contributed by atoms with Crippen molar-refractivity contribution < 1.29 is 0 Å². The van der Waals surface area contributed by atoms with Gasteiger partial charge in [0.25, 0.3) is 0 Å². The molecule has 0 aliphatic rings. The van der Waals surface area contributed by atoms with Gasteiger partial charge in [0, 0.05) is 30.9 Å². The van der Waals surface area contributed by atoms with Gasteiger partial charge in [-0.15, -0.1) is 0 Å². The van der Waals surface area contributed by atoms with Crippen LogP contribution in [-0.4, -0.2) is 24.0 Å². The molecule has 0 unspecified atom stereocenters. The van der Waals surface area contributed by atoms with Gasteiger partial charge in [-0.1, -0.05) is 29.8 Å². The van der Waals surface area contributed by atoms with E-state index in [9.17, 15) is 0 Å². The first kappa shape index (κ1) is 15.0. The highest BCUT2D eigenvalue weighted by Gasteiger charge is 2.03. The predicted octanol–water partition coefficient (Wildman–Crippen LogP) is 3.09. The lowest BCUT2D eigenvalue weighted by Crippen LogP contribution is -2.18. The summed E-state index contributed by atoms with van der Waals surface area (Å²) < 4.78 is 0. The van der Waals surface area contributed by atoms with Crippen molar-refractivity contribution in [3.63, 3.8) is 0 Å². The predicted molar refractivity (Wildman–Crippen MR) is 83.6 cm³/mol. The van der Waals surface area contributed by atoms with Gasteiger partial charge in [-0.2, -0.15) is 0 Å². The van der Waals surface area contributed by atoms with Crippen LogP contribution in [0.5, 0.6) is 0 Å². The summed E-state index contributed by atoms with van der Waals surface area (Å²) in [5.41, 5.74) is 3.50. The zero-order valence-electron chi connectivity index (χ0n) is 11.9. The number of rotatable bonds is 6. The number of halogens is 1. The third kappa shape index (κ3) is 4.60. The molecule has 3 nitrogen and oxygen atoms in total. The molecule has 0 radical (unpaired) electrons.